The minimum absolute atomic E-state index is 0.0126. The number of rotatable bonds is 5. The molecular weight excluding hydrogens is 561 g/mol. The summed E-state index contributed by atoms with van der Waals surface area (Å²) in [6, 6.07) is 7.47. The molecule has 6 heteroatoms. The molecule has 2 aromatic rings. The molecule has 3 rings (SSSR count). The van der Waals surface area contributed by atoms with Crippen LogP contribution >= 0.6 is 34.2 Å². The summed E-state index contributed by atoms with van der Waals surface area (Å²) in [4.78, 5) is 5.22. The molecule has 0 aliphatic heterocycles. The van der Waals surface area contributed by atoms with Gasteiger partial charge in [0.05, 0.1) is 11.8 Å². The Morgan fingerprint density at radius 1 is 1.18 bits per heavy atom. The number of benzene rings is 1. The number of pyridine rings is 1. The first kappa shape index (κ1) is 27.1. The maximum absolute atomic E-state index is 11.5. The van der Waals surface area contributed by atoms with Crippen LogP contribution in [0.3, 0.4) is 0 Å². The van der Waals surface area contributed by atoms with Gasteiger partial charge in [-0.2, -0.15) is 0 Å². The van der Waals surface area contributed by atoms with Crippen molar-refractivity contribution in [3.8, 4) is 0 Å². The van der Waals surface area contributed by atoms with Crippen molar-refractivity contribution in [2.45, 2.75) is 97.6 Å². The van der Waals surface area contributed by atoms with Crippen molar-refractivity contribution in [3.05, 3.63) is 60.9 Å². The van der Waals surface area contributed by atoms with Crippen molar-refractivity contribution >= 4 is 42.5 Å². The van der Waals surface area contributed by atoms with E-state index in [4.69, 9.17) is 21.0 Å². The predicted molar refractivity (Wildman–Crippen MR) is 150 cm³/mol. The number of nitrogens with zero attached hydrogens (tertiary/aromatic N) is 1. The van der Waals surface area contributed by atoms with Crippen LogP contribution in [0.1, 0.15) is 101 Å². The van der Waals surface area contributed by atoms with Crippen molar-refractivity contribution in [3.63, 3.8) is 0 Å². The number of aliphatic hydroxyl groups excluding tert-OH is 1. The summed E-state index contributed by atoms with van der Waals surface area (Å²) in [5.41, 5.74) is 5.15. The lowest BCUT2D eigenvalue weighted by Crippen LogP contribution is -2.44. The SMILES string of the molecule is CC(C)c1nc2c(c(I)c1[C@H](O)c1ccc(Cl)cc1)C(O[Si](C)(C)C(C)(C)C)CC(C)(C)C2. The molecule has 0 fully saturated rings. The number of fused-ring (bicyclic) bond motifs is 1. The van der Waals surface area contributed by atoms with E-state index in [2.05, 4.69) is 84.2 Å². The highest BCUT2D eigenvalue weighted by molar-refractivity contribution is 14.1. The molecule has 0 spiro atoms. The minimum Gasteiger partial charge on any atom is -0.410 e. The zero-order valence-electron chi connectivity index (χ0n) is 21.5. The Labute approximate surface area is 220 Å². The Morgan fingerprint density at radius 3 is 2.27 bits per heavy atom. The maximum Gasteiger partial charge on any atom is 0.192 e. The summed E-state index contributed by atoms with van der Waals surface area (Å²) >= 11 is 8.55. The fourth-order valence-electron chi connectivity index (χ4n) is 4.39. The predicted octanol–water partition coefficient (Wildman–Crippen LogP) is 8.58. The normalized spacial score (nSPS) is 19.5. The van der Waals surface area contributed by atoms with Gasteiger partial charge in [-0.1, -0.05) is 72.2 Å². The number of aromatic nitrogens is 1. The molecule has 1 aromatic heterocycles. The van der Waals surface area contributed by atoms with E-state index in [9.17, 15) is 5.11 Å². The highest BCUT2D eigenvalue weighted by Gasteiger charge is 2.44. The lowest BCUT2D eigenvalue weighted by Gasteiger charge is -2.44. The standard InChI is InChI=1S/C27H39ClINO2Si/c1-16(2)24-22(25(31)17-10-12-18(28)13-11-17)23(29)21-19(30-24)14-27(6,7)15-20(21)32-33(8,9)26(3,4)5/h10-13,16,20,25,31H,14-15H2,1-9H3/t20?,25-/m1/s1. The summed E-state index contributed by atoms with van der Waals surface area (Å²) in [5, 5.41) is 12.3. The number of halogens is 2. The van der Waals surface area contributed by atoms with Crippen LogP contribution in [0.25, 0.3) is 0 Å². The van der Waals surface area contributed by atoms with Gasteiger partial charge in [-0.25, -0.2) is 0 Å². The van der Waals surface area contributed by atoms with Gasteiger partial charge in [-0.15, -0.1) is 0 Å². The lowest BCUT2D eigenvalue weighted by atomic mass is 9.74. The Bertz CT molecular complexity index is 1010. The number of hydrogen-bond donors (Lipinski definition) is 1. The van der Waals surface area contributed by atoms with E-state index in [-0.39, 0.29) is 22.5 Å². The van der Waals surface area contributed by atoms with Gasteiger partial charge in [0.25, 0.3) is 0 Å². The average molecular weight is 600 g/mol. The van der Waals surface area contributed by atoms with Crippen molar-refractivity contribution in [1.82, 2.24) is 4.98 Å². The monoisotopic (exact) mass is 599 g/mol. The highest BCUT2D eigenvalue weighted by atomic mass is 127. The molecule has 33 heavy (non-hydrogen) atoms. The molecule has 0 saturated heterocycles. The van der Waals surface area contributed by atoms with Gasteiger partial charge < -0.3 is 9.53 Å². The molecule has 1 aliphatic carbocycles. The molecule has 182 valence electrons. The molecule has 1 unspecified atom stereocenters. The fourth-order valence-corrected chi connectivity index (χ4v) is 7.01. The smallest absolute Gasteiger partial charge is 0.192 e. The van der Waals surface area contributed by atoms with Crippen molar-refractivity contribution in [2.75, 3.05) is 0 Å². The van der Waals surface area contributed by atoms with Crippen LogP contribution in [0.2, 0.25) is 23.2 Å². The summed E-state index contributed by atoms with van der Waals surface area (Å²) in [6.07, 6.45) is 1.11. The van der Waals surface area contributed by atoms with E-state index in [0.717, 1.165) is 38.9 Å². The van der Waals surface area contributed by atoms with Gasteiger partial charge in [-0.3, -0.25) is 4.98 Å². The Morgan fingerprint density at radius 2 is 1.76 bits per heavy atom. The first-order valence-corrected chi connectivity index (χ1v) is 16.2. The van der Waals surface area contributed by atoms with Gasteiger partial charge in [0.2, 0.25) is 0 Å². The minimum atomic E-state index is -2.00. The second-order valence-corrected chi connectivity index (χ2v) is 18.4. The van der Waals surface area contributed by atoms with Crippen LogP contribution in [0, 0.1) is 8.99 Å². The largest absolute Gasteiger partial charge is 0.410 e. The van der Waals surface area contributed by atoms with Gasteiger partial charge in [-0.05, 0) is 82.6 Å². The lowest BCUT2D eigenvalue weighted by molar-refractivity contribution is 0.104. The van der Waals surface area contributed by atoms with Gasteiger partial charge in [0.1, 0.15) is 6.10 Å². The second kappa shape index (κ2) is 9.53. The molecule has 1 heterocycles. The van der Waals surface area contributed by atoms with Crippen LogP contribution < -0.4 is 0 Å². The molecule has 0 saturated carbocycles. The number of aliphatic hydroxyl groups is 1. The Balaban J connectivity index is 2.21. The molecule has 1 aliphatic rings. The molecule has 2 atom stereocenters. The first-order chi connectivity index (χ1) is 15.0. The molecule has 3 nitrogen and oxygen atoms in total. The van der Waals surface area contributed by atoms with Gasteiger partial charge >= 0.3 is 0 Å². The maximum atomic E-state index is 11.5. The highest BCUT2D eigenvalue weighted by Crippen LogP contribution is 2.50. The van der Waals surface area contributed by atoms with E-state index < -0.39 is 14.4 Å². The van der Waals surface area contributed by atoms with E-state index in [0.29, 0.717) is 5.02 Å². The fraction of sp³-hybridized carbons (Fsp3) is 0.593. The van der Waals surface area contributed by atoms with E-state index >= 15 is 0 Å². The summed E-state index contributed by atoms with van der Waals surface area (Å²) in [6.45, 7) is 20.4. The number of hydrogen-bond acceptors (Lipinski definition) is 3. The van der Waals surface area contributed by atoms with Crippen LogP contribution in [0.4, 0.5) is 0 Å². The van der Waals surface area contributed by atoms with Gasteiger partial charge in [0, 0.05) is 25.4 Å². The zero-order chi connectivity index (χ0) is 24.9. The van der Waals surface area contributed by atoms with Crippen LogP contribution in [-0.4, -0.2) is 18.4 Å². The van der Waals surface area contributed by atoms with Crippen LogP contribution in [-0.2, 0) is 10.8 Å². The van der Waals surface area contributed by atoms with Gasteiger partial charge in [0.15, 0.2) is 8.32 Å². The van der Waals surface area contributed by atoms with E-state index in [1.54, 1.807) is 0 Å². The van der Waals surface area contributed by atoms with E-state index in [1.165, 1.54) is 5.56 Å². The molecular formula is C27H39ClINO2Si. The van der Waals surface area contributed by atoms with Crippen molar-refractivity contribution in [2.24, 2.45) is 5.41 Å². The Hall–Kier alpha value is -0.473. The van der Waals surface area contributed by atoms with Crippen LogP contribution in [0.5, 0.6) is 0 Å². The van der Waals surface area contributed by atoms with Crippen LogP contribution in [0.15, 0.2) is 24.3 Å². The van der Waals surface area contributed by atoms with Crippen molar-refractivity contribution < 1.29 is 9.53 Å². The molecule has 0 radical (unpaired) electrons. The van der Waals surface area contributed by atoms with E-state index in [1.807, 2.05) is 24.3 Å². The summed E-state index contributed by atoms with van der Waals surface area (Å²) < 4.78 is 8.14. The molecule has 0 amide bonds. The second-order valence-electron chi connectivity index (χ2n) is 12.1. The van der Waals surface area contributed by atoms with Crippen molar-refractivity contribution in [1.29, 1.82) is 0 Å². The summed E-state index contributed by atoms with van der Waals surface area (Å²) in [5.74, 6) is 0.200. The Kier molecular flexibility index (Phi) is 7.83. The first-order valence-electron chi connectivity index (χ1n) is 11.9. The zero-order valence-corrected chi connectivity index (χ0v) is 25.4. The topological polar surface area (TPSA) is 42.4 Å². The molecule has 0 bridgehead atoms. The third-order valence-electron chi connectivity index (χ3n) is 7.27. The third-order valence-corrected chi connectivity index (χ3v) is 13.2. The third kappa shape index (κ3) is 5.69. The molecule has 1 aromatic carbocycles. The average Bonchev–Trinajstić information content (AvgIpc) is 2.65. The summed E-state index contributed by atoms with van der Waals surface area (Å²) in [7, 11) is -2.00. The molecule has 1 N–H and O–H groups in total. The quantitative estimate of drug-likeness (QED) is 0.276.